The smallest absolute Gasteiger partial charge is 0.255 e. The van der Waals surface area contributed by atoms with Crippen LogP contribution in [0.4, 0.5) is 5.69 Å². The maximum Gasteiger partial charge on any atom is 0.255 e. The standard InChI is InChI=1S/C15H13ClN4O3/c16-11-6-5-10(7-19-11)20-15(23)9-3-1-8(2-4-9)12(13(17)21)14(18)22/h1-7,12H,(H2,17,21)(H2,18,22)(H,20,23). The second kappa shape index (κ2) is 6.89. The lowest BCUT2D eigenvalue weighted by atomic mass is 9.96. The molecule has 5 N–H and O–H groups in total. The minimum Gasteiger partial charge on any atom is -0.369 e. The van der Waals surface area contributed by atoms with Gasteiger partial charge in [-0.1, -0.05) is 23.7 Å². The Morgan fingerprint density at radius 3 is 2.09 bits per heavy atom. The quantitative estimate of drug-likeness (QED) is 0.558. The molecular formula is C15H13ClN4O3. The Morgan fingerprint density at radius 2 is 1.61 bits per heavy atom. The van der Waals surface area contributed by atoms with Crippen LogP contribution in [0.5, 0.6) is 0 Å². The minimum absolute atomic E-state index is 0.316. The number of rotatable bonds is 5. The van der Waals surface area contributed by atoms with E-state index in [0.717, 1.165) is 0 Å². The Labute approximate surface area is 136 Å². The van der Waals surface area contributed by atoms with Crippen LogP contribution in [0.1, 0.15) is 21.8 Å². The highest BCUT2D eigenvalue weighted by Crippen LogP contribution is 2.17. The predicted octanol–water partition coefficient (Wildman–Crippen LogP) is 1.04. The van der Waals surface area contributed by atoms with Gasteiger partial charge in [-0.3, -0.25) is 14.4 Å². The second-order valence-corrected chi connectivity index (χ2v) is 5.07. The zero-order valence-electron chi connectivity index (χ0n) is 11.8. The normalized spacial score (nSPS) is 10.3. The van der Waals surface area contributed by atoms with E-state index in [1.807, 2.05) is 0 Å². The predicted molar refractivity (Wildman–Crippen MR) is 84.8 cm³/mol. The first-order valence-electron chi connectivity index (χ1n) is 6.50. The van der Waals surface area contributed by atoms with E-state index >= 15 is 0 Å². The van der Waals surface area contributed by atoms with Crippen LogP contribution in [0.25, 0.3) is 0 Å². The Balaban J connectivity index is 2.15. The van der Waals surface area contributed by atoms with Crippen LogP contribution in [0, 0.1) is 0 Å². The molecule has 2 aromatic rings. The fraction of sp³-hybridized carbons (Fsp3) is 0.0667. The van der Waals surface area contributed by atoms with E-state index in [9.17, 15) is 14.4 Å². The lowest BCUT2D eigenvalue weighted by Crippen LogP contribution is -2.33. The van der Waals surface area contributed by atoms with Gasteiger partial charge in [0.15, 0.2) is 0 Å². The van der Waals surface area contributed by atoms with Crippen molar-refractivity contribution >= 4 is 35.0 Å². The van der Waals surface area contributed by atoms with E-state index < -0.39 is 17.7 Å². The molecule has 0 radical (unpaired) electrons. The maximum atomic E-state index is 12.1. The number of carbonyl (C=O) groups excluding carboxylic acids is 3. The Kier molecular flexibility index (Phi) is 4.92. The van der Waals surface area contributed by atoms with E-state index in [4.69, 9.17) is 23.1 Å². The molecule has 0 fully saturated rings. The van der Waals surface area contributed by atoms with Crippen molar-refractivity contribution in [2.45, 2.75) is 5.92 Å². The molecule has 7 nitrogen and oxygen atoms in total. The number of hydrogen-bond donors (Lipinski definition) is 3. The molecule has 0 saturated heterocycles. The molecule has 0 unspecified atom stereocenters. The van der Waals surface area contributed by atoms with Gasteiger partial charge >= 0.3 is 0 Å². The summed E-state index contributed by atoms with van der Waals surface area (Å²) in [4.78, 5) is 38.4. The fourth-order valence-electron chi connectivity index (χ4n) is 1.95. The van der Waals surface area contributed by atoms with E-state index in [2.05, 4.69) is 10.3 Å². The number of benzene rings is 1. The molecule has 0 aliphatic carbocycles. The number of primary amides is 2. The van der Waals surface area contributed by atoms with Crippen LogP contribution in [0.15, 0.2) is 42.6 Å². The summed E-state index contributed by atoms with van der Waals surface area (Å²) in [6, 6.07) is 8.99. The molecule has 0 bridgehead atoms. The average Bonchev–Trinajstić information content (AvgIpc) is 2.49. The van der Waals surface area contributed by atoms with E-state index in [1.165, 1.54) is 30.5 Å². The minimum atomic E-state index is -1.23. The van der Waals surface area contributed by atoms with Crippen molar-refractivity contribution in [1.82, 2.24) is 4.98 Å². The van der Waals surface area contributed by atoms with Gasteiger partial charge in [0.25, 0.3) is 5.91 Å². The van der Waals surface area contributed by atoms with Gasteiger partial charge in [-0.15, -0.1) is 0 Å². The summed E-state index contributed by atoms with van der Waals surface area (Å²) in [5, 5.41) is 2.95. The summed E-state index contributed by atoms with van der Waals surface area (Å²) in [6.45, 7) is 0. The number of pyridine rings is 1. The number of anilines is 1. The first kappa shape index (κ1) is 16.4. The van der Waals surface area contributed by atoms with Crippen LogP contribution < -0.4 is 16.8 Å². The molecule has 8 heteroatoms. The fourth-order valence-corrected chi connectivity index (χ4v) is 2.06. The van der Waals surface area contributed by atoms with Crippen LogP contribution in [0.3, 0.4) is 0 Å². The lowest BCUT2D eigenvalue weighted by Gasteiger charge is -2.10. The van der Waals surface area contributed by atoms with Gasteiger partial charge in [-0.2, -0.15) is 0 Å². The van der Waals surface area contributed by atoms with Crippen molar-refractivity contribution in [2.75, 3.05) is 5.32 Å². The summed E-state index contributed by atoms with van der Waals surface area (Å²) >= 11 is 5.66. The Bertz CT molecular complexity index is 730. The summed E-state index contributed by atoms with van der Waals surface area (Å²) in [6.07, 6.45) is 1.42. The van der Waals surface area contributed by atoms with Crippen molar-refractivity contribution in [3.8, 4) is 0 Å². The average molecular weight is 333 g/mol. The molecule has 3 amide bonds. The third-order valence-corrected chi connectivity index (χ3v) is 3.28. The Morgan fingerprint density at radius 1 is 1.00 bits per heavy atom. The molecule has 0 aliphatic heterocycles. The van der Waals surface area contributed by atoms with Crippen molar-refractivity contribution in [3.63, 3.8) is 0 Å². The van der Waals surface area contributed by atoms with Crippen LogP contribution in [-0.2, 0) is 9.59 Å². The number of carbonyl (C=O) groups is 3. The number of halogens is 1. The molecular weight excluding hydrogens is 320 g/mol. The van der Waals surface area contributed by atoms with Gasteiger partial charge in [0.2, 0.25) is 11.8 Å². The summed E-state index contributed by atoms with van der Waals surface area (Å²) in [7, 11) is 0. The van der Waals surface area contributed by atoms with E-state index in [1.54, 1.807) is 12.1 Å². The molecule has 0 spiro atoms. The van der Waals surface area contributed by atoms with Crippen LogP contribution in [0.2, 0.25) is 5.15 Å². The number of hydrogen-bond acceptors (Lipinski definition) is 4. The Hall–Kier alpha value is -2.93. The van der Waals surface area contributed by atoms with Crippen molar-refractivity contribution in [2.24, 2.45) is 11.5 Å². The van der Waals surface area contributed by atoms with Gasteiger partial charge in [0.1, 0.15) is 11.1 Å². The molecule has 0 aliphatic rings. The van der Waals surface area contributed by atoms with Crippen LogP contribution >= 0.6 is 11.6 Å². The van der Waals surface area contributed by atoms with Gasteiger partial charge in [0.05, 0.1) is 11.9 Å². The highest BCUT2D eigenvalue weighted by molar-refractivity contribution is 6.29. The molecule has 1 aromatic heterocycles. The molecule has 118 valence electrons. The van der Waals surface area contributed by atoms with Crippen LogP contribution in [-0.4, -0.2) is 22.7 Å². The molecule has 0 saturated carbocycles. The topological polar surface area (TPSA) is 128 Å². The number of aromatic nitrogens is 1. The molecule has 23 heavy (non-hydrogen) atoms. The SMILES string of the molecule is NC(=O)C(C(N)=O)c1ccc(C(=O)Nc2ccc(Cl)nc2)cc1. The first-order chi connectivity index (χ1) is 10.9. The van der Waals surface area contributed by atoms with Crippen molar-refractivity contribution in [1.29, 1.82) is 0 Å². The molecule has 2 rings (SSSR count). The largest absolute Gasteiger partial charge is 0.369 e. The highest BCUT2D eigenvalue weighted by atomic mass is 35.5. The third kappa shape index (κ3) is 4.04. The van der Waals surface area contributed by atoms with E-state index in [-0.39, 0.29) is 5.91 Å². The first-order valence-corrected chi connectivity index (χ1v) is 6.88. The molecule has 1 heterocycles. The highest BCUT2D eigenvalue weighted by Gasteiger charge is 2.24. The van der Waals surface area contributed by atoms with Crippen molar-refractivity contribution < 1.29 is 14.4 Å². The zero-order chi connectivity index (χ0) is 17.0. The lowest BCUT2D eigenvalue weighted by molar-refractivity contribution is -0.128. The third-order valence-electron chi connectivity index (χ3n) is 3.06. The van der Waals surface area contributed by atoms with Gasteiger partial charge in [-0.25, -0.2) is 4.98 Å². The summed E-state index contributed by atoms with van der Waals surface area (Å²) in [5.74, 6) is -3.30. The zero-order valence-corrected chi connectivity index (χ0v) is 12.6. The van der Waals surface area contributed by atoms with Crippen molar-refractivity contribution in [3.05, 3.63) is 58.9 Å². The van der Waals surface area contributed by atoms with Gasteiger partial charge < -0.3 is 16.8 Å². The van der Waals surface area contributed by atoms with Gasteiger partial charge in [-0.05, 0) is 29.8 Å². The number of amides is 3. The molecule has 1 aromatic carbocycles. The summed E-state index contributed by atoms with van der Waals surface area (Å²) in [5.41, 5.74) is 11.4. The summed E-state index contributed by atoms with van der Waals surface area (Å²) < 4.78 is 0. The maximum absolute atomic E-state index is 12.1. The number of nitrogens with zero attached hydrogens (tertiary/aromatic N) is 1. The second-order valence-electron chi connectivity index (χ2n) is 4.68. The van der Waals surface area contributed by atoms with E-state index in [0.29, 0.717) is 22.0 Å². The number of nitrogens with two attached hydrogens (primary N) is 2. The monoisotopic (exact) mass is 332 g/mol. The van der Waals surface area contributed by atoms with Gasteiger partial charge in [0, 0.05) is 5.56 Å². The number of nitrogens with one attached hydrogen (secondary N) is 1. The molecule has 0 atom stereocenters.